The van der Waals surface area contributed by atoms with Crippen LogP contribution in [-0.2, 0) is 10.0 Å². The molecule has 0 saturated carbocycles. The normalized spacial score (nSPS) is 14.7. The first-order valence-electron chi connectivity index (χ1n) is 9.17. The summed E-state index contributed by atoms with van der Waals surface area (Å²) >= 11 is 1.10. The van der Waals surface area contributed by atoms with Crippen molar-refractivity contribution in [2.24, 2.45) is 0 Å². The molecule has 156 valence electrons. The fraction of sp³-hybridized carbons (Fsp3) is 0.200. The first-order chi connectivity index (χ1) is 14.3. The van der Waals surface area contributed by atoms with Crippen LogP contribution in [0.1, 0.15) is 23.2 Å². The van der Waals surface area contributed by atoms with Gasteiger partial charge in [-0.2, -0.15) is 4.31 Å². The average molecular weight is 450 g/mol. The molecule has 0 aliphatic carbocycles. The minimum Gasteiger partial charge on any atom is -0.298 e. The molecule has 3 aromatic rings. The molecule has 1 aliphatic rings. The van der Waals surface area contributed by atoms with Gasteiger partial charge in [-0.05, 0) is 49.2 Å². The second-order valence-corrected chi connectivity index (χ2v) is 9.55. The number of thiazole rings is 1. The van der Waals surface area contributed by atoms with Crippen LogP contribution >= 0.6 is 11.3 Å². The Morgan fingerprint density at radius 1 is 1.07 bits per heavy atom. The van der Waals surface area contributed by atoms with E-state index in [9.17, 15) is 22.0 Å². The lowest BCUT2D eigenvalue weighted by atomic mass is 10.1. The summed E-state index contributed by atoms with van der Waals surface area (Å²) < 4.78 is 53.5. The molecule has 0 unspecified atom stereocenters. The maximum Gasteiger partial charge on any atom is 0.257 e. The molecule has 1 aromatic heterocycles. The van der Waals surface area contributed by atoms with E-state index in [4.69, 9.17) is 0 Å². The van der Waals surface area contributed by atoms with E-state index in [-0.39, 0.29) is 26.8 Å². The lowest BCUT2D eigenvalue weighted by Crippen LogP contribution is -2.27. The van der Waals surface area contributed by atoms with Crippen molar-refractivity contribution in [2.75, 3.05) is 18.4 Å². The zero-order chi connectivity index (χ0) is 21.3. The fourth-order valence-electron chi connectivity index (χ4n) is 3.18. The smallest absolute Gasteiger partial charge is 0.257 e. The summed E-state index contributed by atoms with van der Waals surface area (Å²) in [7, 11) is -3.55. The highest BCUT2D eigenvalue weighted by molar-refractivity contribution is 7.89. The molecule has 0 bridgehead atoms. The zero-order valence-corrected chi connectivity index (χ0v) is 17.3. The Bertz CT molecular complexity index is 1190. The van der Waals surface area contributed by atoms with Crippen molar-refractivity contribution in [1.82, 2.24) is 9.29 Å². The molecule has 2 aromatic carbocycles. The average Bonchev–Trinajstić information content (AvgIpc) is 3.41. The van der Waals surface area contributed by atoms with Crippen LogP contribution < -0.4 is 5.32 Å². The first kappa shape index (κ1) is 20.6. The molecule has 0 spiro atoms. The molecular formula is C20H17F2N3O3S2. The van der Waals surface area contributed by atoms with Gasteiger partial charge in [0, 0.05) is 35.7 Å². The van der Waals surface area contributed by atoms with Crippen molar-refractivity contribution in [2.45, 2.75) is 17.7 Å². The van der Waals surface area contributed by atoms with Gasteiger partial charge in [-0.25, -0.2) is 22.2 Å². The van der Waals surface area contributed by atoms with Crippen molar-refractivity contribution in [1.29, 1.82) is 0 Å². The van der Waals surface area contributed by atoms with Crippen molar-refractivity contribution in [3.05, 3.63) is 65.0 Å². The Hall–Kier alpha value is -2.69. The summed E-state index contributed by atoms with van der Waals surface area (Å²) in [6.07, 6.45) is 1.69. The van der Waals surface area contributed by atoms with E-state index < -0.39 is 27.6 Å². The number of carbonyl (C=O) groups is 1. The molecule has 1 fully saturated rings. The van der Waals surface area contributed by atoms with Crippen molar-refractivity contribution in [3.63, 3.8) is 0 Å². The van der Waals surface area contributed by atoms with E-state index in [1.54, 1.807) is 5.38 Å². The largest absolute Gasteiger partial charge is 0.298 e. The maximum absolute atomic E-state index is 13.9. The predicted molar refractivity (Wildman–Crippen MR) is 110 cm³/mol. The summed E-state index contributed by atoms with van der Waals surface area (Å²) in [4.78, 5) is 16.8. The molecule has 1 N–H and O–H groups in total. The van der Waals surface area contributed by atoms with Crippen LogP contribution in [0.5, 0.6) is 0 Å². The van der Waals surface area contributed by atoms with Crippen molar-refractivity contribution < 1.29 is 22.0 Å². The lowest BCUT2D eigenvalue weighted by molar-refractivity contribution is 0.102. The predicted octanol–water partition coefficient (Wildman–Crippen LogP) is 4.13. The number of rotatable bonds is 5. The number of amides is 1. The third-order valence-electron chi connectivity index (χ3n) is 4.75. The number of nitrogens with zero attached hydrogens (tertiary/aromatic N) is 2. The van der Waals surface area contributed by atoms with Crippen molar-refractivity contribution in [3.8, 4) is 11.3 Å². The van der Waals surface area contributed by atoms with Crippen LogP contribution in [0.3, 0.4) is 0 Å². The number of hydrogen-bond donors (Lipinski definition) is 1. The number of aromatic nitrogens is 1. The summed E-state index contributed by atoms with van der Waals surface area (Å²) in [5, 5.41) is 4.40. The van der Waals surface area contributed by atoms with Gasteiger partial charge in [-0.1, -0.05) is 0 Å². The highest BCUT2D eigenvalue weighted by Crippen LogP contribution is 2.28. The molecule has 1 aliphatic heterocycles. The minimum absolute atomic E-state index is 0.129. The number of nitrogens with one attached hydrogen (secondary N) is 1. The third kappa shape index (κ3) is 4.11. The van der Waals surface area contributed by atoms with Crippen LogP contribution in [0.4, 0.5) is 13.9 Å². The second-order valence-electron chi connectivity index (χ2n) is 6.75. The van der Waals surface area contributed by atoms with Gasteiger partial charge in [0.05, 0.1) is 10.6 Å². The van der Waals surface area contributed by atoms with Crippen LogP contribution in [0, 0.1) is 11.6 Å². The molecule has 6 nitrogen and oxygen atoms in total. The minimum atomic E-state index is -3.55. The quantitative estimate of drug-likeness (QED) is 0.635. The summed E-state index contributed by atoms with van der Waals surface area (Å²) in [6, 6.07) is 8.87. The number of benzene rings is 2. The molecule has 2 heterocycles. The van der Waals surface area contributed by atoms with Crippen molar-refractivity contribution >= 4 is 32.4 Å². The number of carbonyl (C=O) groups excluding carboxylic acids is 1. The molecule has 0 atom stereocenters. The summed E-state index contributed by atoms with van der Waals surface area (Å²) in [5.41, 5.74) is 0.671. The van der Waals surface area contributed by atoms with E-state index >= 15 is 0 Å². The Balaban J connectivity index is 1.47. The van der Waals surface area contributed by atoms with E-state index in [0.717, 1.165) is 36.3 Å². The molecule has 30 heavy (non-hydrogen) atoms. The lowest BCUT2D eigenvalue weighted by Gasteiger charge is -2.15. The van der Waals surface area contributed by atoms with Gasteiger partial charge in [0.25, 0.3) is 5.91 Å². The number of sulfonamides is 1. The highest BCUT2D eigenvalue weighted by atomic mass is 32.2. The monoisotopic (exact) mass is 449 g/mol. The zero-order valence-electron chi connectivity index (χ0n) is 15.6. The van der Waals surface area contributed by atoms with Gasteiger partial charge in [0.15, 0.2) is 5.13 Å². The van der Waals surface area contributed by atoms with Gasteiger partial charge in [-0.15, -0.1) is 11.3 Å². The van der Waals surface area contributed by atoms with E-state index in [2.05, 4.69) is 10.3 Å². The Morgan fingerprint density at radius 2 is 1.77 bits per heavy atom. The SMILES string of the molecule is O=C(Nc1nc(-c2ccc(F)cc2F)cs1)c1ccc(S(=O)(=O)N2CCCC2)cc1. The molecular weight excluding hydrogens is 432 g/mol. The molecule has 4 rings (SSSR count). The topological polar surface area (TPSA) is 79.4 Å². The van der Waals surface area contributed by atoms with Crippen LogP contribution in [-0.4, -0.2) is 36.7 Å². The summed E-state index contributed by atoms with van der Waals surface area (Å²) in [5.74, 6) is -1.90. The Labute approximate surface area is 176 Å². The molecule has 1 amide bonds. The van der Waals surface area contributed by atoms with Gasteiger partial charge in [0.2, 0.25) is 10.0 Å². The van der Waals surface area contributed by atoms with Gasteiger partial charge >= 0.3 is 0 Å². The van der Waals surface area contributed by atoms with Crippen LogP contribution in [0.15, 0.2) is 52.7 Å². The van der Waals surface area contributed by atoms with Gasteiger partial charge in [0.1, 0.15) is 11.6 Å². The third-order valence-corrected chi connectivity index (χ3v) is 7.42. The number of halogens is 2. The highest BCUT2D eigenvalue weighted by Gasteiger charge is 2.27. The Kier molecular flexibility index (Phi) is 5.63. The standard InChI is InChI=1S/C20H17F2N3O3S2/c21-14-5-8-16(17(22)11-14)18-12-29-20(23-18)24-19(26)13-3-6-15(7-4-13)30(27,28)25-9-1-2-10-25/h3-8,11-12H,1-2,9-10H2,(H,23,24,26). The van der Waals surface area contributed by atoms with E-state index in [0.29, 0.717) is 13.1 Å². The first-order valence-corrected chi connectivity index (χ1v) is 11.5. The second kappa shape index (κ2) is 8.21. The Morgan fingerprint density at radius 3 is 2.43 bits per heavy atom. The maximum atomic E-state index is 13.9. The van der Waals surface area contributed by atoms with E-state index in [1.807, 2.05) is 0 Å². The summed E-state index contributed by atoms with van der Waals surface area (Å²) in [6.45, 7) is 1.01. The van der Waals surface area contributed by atoms with Gasteiger partial charge < -0.3 is 0 Å². The number of hydrogen-bond acceptors (Lipinski definition) is 5. The number of anilines is 1. The van der Waals surface area contributed by atoms with E-state index in [1.165, 1.54) is 34.6 Å². The van der Waals surface area contributed by atoms with Crippen LogP contribution in [0.25, 0.3) is 11.3 Å². The molecule has 10 heteroatoms. The fourth-order valence-corrected chi connectivity index (χ4v) is 5.40. The molecule has 1 saturated heterocycles. The van der Waals surface area contributed by atoms with Crippen LogP contribution in [0.2, 0.25) is 0 Å². The molecule has 0 radical (unpaired) electrons. The van der Waals surface area contributed by atoms with Gasteiger partial charge in [-0.3, -0.25) is 10.1 Å².